The molecule has 0 spiro atoms. The van der Waals surface area contributed by atoms with Gasteiger partial charge in [0.2, 0.25) is 0 Å². The summed E-state index contributed by atoms with van der Waals surface area (Å²) in [4.78, 5) is 11.6. The first-order valence-corrected chi connectivity index (χ1v) is 7.75. The number of carbonyl (C=O) groups excluding carboxylic acids is 1. The van der Waals surface area contributed by atoms with E-state index in [4.69, 9.17) is 11.6 Å². The lowest BCUT2D eigenvalue weighted by atomic mass is 9.81. The van der Waals surface area contributed by atoms with Crippen LogP contribution in [0.4, 0.5) is 0 Å². The number of carbonyl (C=O) groups is 1. The van der Waals surface area contributed by atoms with Gasteiger partial charge in [0, 0.05) is 17.4 Å². The number of benzene rings is 2. The van der Waals surface area contributed by atoms with E-state index in [0.29, 0.717) is 6.42 Å². The van der Waals surface area contributed by atoms with Gasteiger partial charge in [-0.15, -0.1) is 0 Å². The molecule has 110 valence electrons. The van der Waals surface area contributed by atoms with Gasteiger partial charge in [-0.25, -0.2) is 0 Å². The molecule has 2 heteroatoms. The van der Waals surface area contributed by atoms with E-state index in [-0.39, 0.29) is 11.7 Å². The van der Waals surface area contributed by atoms with Crippen molar-refractivity contribution in [2.45, 2.75) is 13.3 Å². The van der Waals surface area contributed by atoms with Crippen LogP contribution < -0.4 is 0 Å². The molecule has 0 amide bonds. The summed E-state index contributed by atoms with van der Waals surface area (Å²) in [7, 11) is 0. The first-order valence-electron chi connectivity index (χ1n) is 7.37. The van der Waals surface area contributed by atoms with Crippen LogP contribution in [0.15, 0.2) is 54.6 Å². The highest BCUT2D eigenvalue weighted by Gasteiger charge is 2.20. The molecule has 3 rings (SSSR count). The van der Waals surface area contributed by atoms with Crippen LogP contribution in [-0.2, 0) is 4.79 Å². The Morgan fingerprint density at radius 2 is 1.86 bits per heavy atom. The molecular formula is C20H17ClO. The summed E-state index contributed by atoms with van der Waals surface area (Å²) in [6, 6.07) is 16.1. The molecule has 22 heavy (non-hydrogen) atoms. The Kier molecular flexibility index (Phi) is 4.26. The third kappa shape index (κ3) is 3.20. The Labute approximate surface area is 135 Å². The second-order valence-electron chi connectivity index (χ2n) is 5.61. The molecule has 0 bridgehead atoms. The van der Waals surface area contributed by atoms with Gasteiger partial charge in [0.05, 0.1) is 0 Å². The lowest BCUT2D eigenvalue weighted by Crippen LogP contribution is -2.10. The minimum Gasteiger partial charge on any atom is -0.300 e. The van der Waals surface area contributed by atoms with Gasteiger partial charge in [0.15, 0.2) is 0 Å². The van der Waals surface area contributed by atoms with E-state index in [9.17, 15) is 4.79 Å². The summed E-state index contributed by atoms with van der Waals surface area (Å²) < 4.78 is 0. The normalized spacial score (nSPS) is 18.3. The fourth-order valence-electron chi connectivity index (χ4n) is 2.84. The zero-order valence-corrected chi connectivity index (χ0v) is 13.2. The van der Waals surface area contributed by atoms with Crippen LogP contribution in [0.2, 0.25) is 5.02 Å². The maximum Gasteiger partial charge on any atom is 0.130 e. The highest BCUT2D eigenvalue weighted by Crippen LogP contribution is 2.36. The van der Waals surface area contributed by atoms with Crippen LogP contribution in [0.25, 0.3) is 17.7 Å². The van der Waals surface area contributed by atoms with Gasteiger partial charge in [-0.3, -0.25) is 4.79 Å². The topological polar surface area (TPSA) is 17.1 Å². The van der Waals surface area contributed by atoms with Crippen molar-refractivity contribution in [2.75, 3.05) is 0 Å². The zero-order chi connectivity index (χ0) is 15.5. The molecule has 0 aliphatic heterocycles. The highest BCUT2D eigenvalue weighted by molar-refractivity contribution is 6.30. The molecule has 1 nitrogen and oxygen atoms in total. The molecule has 0 heterocycles. The minimum atomic E-state index is 0.128. The van der Waals surface area contributed by atoms with Gasteiger partial charge >= 0.3 is 0 Å². The number of hydrogen-bond donors (Lipinski definition) is 0. The van der Waals surface area contributed by atoms with Crippen molar-refractivity contribution in [3.05, 3.63) is 76.3 Å². The average molecular weight is 309 g/mol. The van der Waals surface area contributed by atoms with Gasteiger partial charge in [0.1, 0.15) is 5.78 Å². The summed E-state index contributed by atoms with van der Waals surface area (Å²) in [6.45, 7) is 1.65. The first kappa shape index (κ1) is 14.8. The van der Waals surface area contributed by atoms with Crippen molar-refractivity contribution in [3.8, 4) is 0 Å². The summed E-state index contributed by atoms with van der Waals surface area (Å²) in [5.41, 5.74) is 4.68. The molecule has 0 N–H and O–H groups in total. The van der Waals surface area contributed by atoms with Gasteiger partial charge in [-0.1, -0.05) is 66.2 Å². The molecule has 0 saturated carbocycles. The quantitative estimate of drug-likeness (QED) is 0.731. The number of halogens is 1. The predicted octanol–water partition coefficient (Wildman–Crippen LogP) is 5.50. The molecule has 1 aliphatic carbocycles. The Balaban J connectivity index is 2.07. The minimum absolute atomic E-state index is 0.128. The maximum absolute atomic E-state index is 11.6. The smallest absolute Gasteiger partial charge is 0.130 e. The van der Waals surface area contributed by atoms with Crippen molar-refractivity contribution in [2.24, 2.45) is 5.92 Å². The summed E-state index contributed by atoms with van der Waals surface area (Å²) in [6.07, 6.45) is 6.93. The Bertz CT molecular complexity index is 754. The molecular weight excluding hydrogens is 292 g/mol. The van der Waals surface area contributed by atoms with Crippen LogP contribution in [0.3, 0.4) is 0 Å². The summed E-state index contributed by atoms with van der Waals surface area (Å²) in [5.74, 6) is 0.333. The van der Waals surface area contributed by atoms with Crippen LogP contribution in [-0.4, -0.2) is 5.78 Å². The molecule has 2 aromatic carbocycles. The maximum atomic E-state index is 11.6. The first-order chi connectivity index (χ1) is 10.6. The third-order valence-corrected chi connectivity index (χ3v) is 4.13. The molecule has 0 unspecified atom stereocenters. The van der Waals surface area contributed by atoms with E-state index in [2.05, 4.69) is 30.4 Å². The van der Waals surface area contributed by atoms with Crippen LogP contribution in [0.1, 0.15) is 30.0 Å². The predicted molar refractivity (Wildman–Crippen MR) is 93.6 cm³/mol. The molecule has 0 radical (unpaired) electrons. The van der Waals surface area contributed by atoms with Gasteiger partial charge in [0.25, 0.3) is 0 Å². The fourth-order valence-corrected chi connectivity index (χ4v) is 2.97. The van der Waals surface area contributed by atoms with E-state index in [1.165, 1.54) is 16.7 Å². The molecule has 0 fully saturated rings. The Morgan fingerprint density at radius 1 is 1.14 bits per heavy atom. The SMILES string of the molecule is CC(=O)C[C@@H]1C=Cc2ccccc2/C1=C/c1ccc(Cl)cc1. The van der Waals surface area contributed by atoms with Crippen LogP contribution >= 0.6 is 11.6 Å². The summed E-state index contributed by atoms with van der Waals surface area (Å²) >= 11 is 5.96. The monoisotopic (exact) mass is 308 g/mol. The van der Waals surface area contributed by atoms with E-state index in [1.54, 1.807) is 6.92 Å². The number of rotatable bonds is 3. The van der Waals surface area contributed by atoms with Crippen LogP contribution in [0.5, 0.6) is 0 Å². The average Bonchev–Trinajstić information content (AvgIpc) is 2.51. The van der Waals surface area contributed by atoms with Gasteiger partial charge < -0.3 is 0 Å². The molecule has 0 aromatic heterocycles. The number of hydrogen-bond acceptors (Lipinski definition) is 1. The van der Waals surface area contributed by atoms with Crippen LogP contribution in [0, 0.1) is 5.92 Å². The van der Waals surface area contributed by atoms with Gasteiger partial charge in [-0.05, 0) is 41.3 Å². The van der Waals surface area contributed by atoms with Crippen molar-refractivity contribution in [1.29, 1.82) is 0 Å². The Hall–Kier alpha value is -2.12. The second kappa shape index (κ2) is 6.33. The molecule has 1 aliphatic rings. The largest absolute Gasteiger partial charge is 0.300 e. The van der Waals surface area contributed by atoms with E-state index >= 15 is 0 Å². The van der Waals surface area contributed by atoms with Gasteiger partial charge in [-0.2, -0.15) is 0 Å². The number of Topliss-reactive ketones (excluding diaryl/α,β-unsaturated/α-hetero) is 1. The van der Waals surface area contributed by atoms with E-state index in [0.717, 1.165) is 10.6 Å². The highest BCUT2D eigenvalue weighted by atomic mass is 35.5. The number of ketones is 1. The van der Waals surface area contributed by atoms with Crippen molar-refractivity contribution in [1.82, 2.24) is 0 Å². The second-order valence-corrected chi connectivity index (χ2v) is 6.05. The standard InChI is InChI=1S/C20H17ClO/c1-14(22)12-17-9-8-16-4-2-3-5-19(16)20(17)13-15-6-10-18(21)11-7-15/h2-11,13,17H,12H2,1H3/b20-13+/t17-/m0/s1. The van der Waals surface area contributed by atoms with Crippen molar-refractivity contribution < 1.29 is 4.79 Å². The van der Waals surface area contributed by atoms with Crippen molar-refractivity contribution >= 4 is 35.1 Å². The lowest BCUT2D eigenvalue weighted by molar-refractivity contribution is -0.117. The Morgan fingerprint density at radius 3 is 2.59 bits per heavy atom. The number of allylic oxidation sites excluding steroid dienone is 2. The van der Waals surface area contributed by atoms with E-state index < -0.39 is 0 Å². The van der Waals surface area contributed by atoms with E-state index in [1.807, 2.05) is 36.4 Å². The lowest BCUT2D eigenvalue weighted by Gasteiger charge is -2.23. The fraction of sp³-hybridized carbons (Fsp3) is 0.150. The summed E-state index contributed by atoms with van der Waals surface area (Å²) in [5, 5.41) is 0.728. The number of fused-ring (bicyclic) bond motifs is 1. The molecule has 2 aromatic rings. The third-order valence-electron chi connectivity index (χ3n) is 3.88. The zero-order valence-electron chi connectivity index (χ0n) is 12.4. The molecule has 0 saturated heterocycles. The molecule has 1 atom stereocenters. The van der Waals surface area contributed by atoms with Crippen molar-refractivity contribution in [3.63, 3.8) is 0 Å².